The Morgan fingerprint density at radius 2 is 2.06 bits per heavy atom. The van der Waals surface area contributed by atoms with Crippen LogP contribution in [-0.2, 0) is 6.54 Å². The monoisotopic (exact) mass is 248 g/mol. The van der Waals surface area contributed by atoms with E-state index < -0.39 is 0 Å². The molecule has 0 aromatic carbocycles. The Morgan fingerprint density at radius 1 is 1.33 bits per heavy atom. The molecule has 1 aromatic heterocycles. The van der Waals surface area contributed by atoms with E-state index in [1.165, 1.54) is 37.7 Å². The summed E-state index contributed by atoms with van der Waals surface area (Å²) in [5.74, 6) is 0.874. The molecule has 1 aliphatic carbocycles. The molecule has 1 fully saturated rings. The van der Waals surface area contributed by atoms with E-state index in [4.69, 9.17) is 0 Å². The van der Waals surface area contributed by atoms with Crippen LogP contribution in [0.25, 0.3) is 0 Å². The first-order valence-electron chi connectivity index (χ1n) is 6.92. The van der Waals surface area contributed by atoms with E-state index >= 15 is 0 Å². The van der Waals surface area contributed by atoms with E-state index in [2.05, 4.69) is 34.2 Å². The van der Waals surface area contributed by atoms with Crippen molar-refractivity contribution < 1.29 is 0 Å². The fourth-order valence-electron chi connectivity index (χ4n) is 2.65. The normalized spacial score (nSPS) is 16.8. The molecule has 1 heterocycles. The van der Waals surface area contributed by atoms with Gasteiger partial charge in [-0.15, -0.1) is 0 Å². The van der Waals surface area contributed by atoms with E-state index in [0.717, 1.165) is 18.2 Å². The number of hydrogen-bond donors (Lipinski definition) is 1. The molecule has 0 aliphatic heterocycles. The zero-order chi connectivity index (χ0) is 13.0. The zero-order valence-corrected chi connectivity index (χ0v) is 11.7. The second-order valence-electron chi connectivity index (χ2n) is 5.21. The predicted molar refractivity (Wildman–Crippen MR) is 74.8 cm³/mol. The van der Waals surface area contributed by atoms with E-state index in [-0.39, 0.29) is 0 Å². The minimum absolute atomic E-state index is 0.619. The molecule has 100 valence electrons. The van der Waals surface area contributed by atoms with Crippen molar-refractivity contribution in [1.82, 2.24) is 15.3 Å². The molecule has 4 nitrogen and oxygen atoms in total. The Bertz CT molecular complexity index is 385. The molecule has 0 spiro atoms. The number of anilines is 1. The maximum absolute atomic E-state index is 4.64. The van der Waals surface area contributed by atoms with Gasteiger partial charge in [-0.25, -0.2) is 9.97 Å². The largest absolute Gasteiger partial charge is 0.341 e. The maximum Gasteiger partial charge on any atom is 0.225 e. The third kappa shape index (κ3) is 2.99. The lowest BCUT2D eigenvalue weighted by Crippen LogP contribution is -2.34. The van der Waals surface area contributed by atoms with Gasteiger partial charge in [-0.1, -0.05) is 19.3 Å². The number of aryl methyl sites for hydroxylation is 1. The van der Waals surface area contributed by atoms with Crippen molar-refractivity contribution in [3.63, 3.8) is 0 Å². The quantitative estimate of drug-likeness (QED) is 0.887. The summed E-state index contributed by atoms with van der Waals surface area (Å²) in [4.78, 5) is 11.4. The standard InChI is InChI=1S/C14H24N4/c1-11-12(9-15-2)10-16-14(17-11)18(3)13-7-5-4-6-8-13/h10,13,15H,4-9H2,1-3H3. The fraction of sp³-hybridized carbons (Fsp3) is 0.714. The minimum atomic E-state index is 0.619. The van der Waals surface area contributed by atoms with Gasteiger partial charge in [0.25, 0.3) is 0 Å². The zero-order valence-electron chi connectivity index (χ0n) is 11.7. The van der Waals surface area contributed by atoms with Crippen LogP contribution in [0.1, 0.15) is 43.4 Å². The van der Waals surface area contributed by atoms with Crippen molar-refractivity contribution in [2.75, 3.05) is 19.0 Å². The average Bonchev–Trinajstić information content (AvgIpc) is 2.41. The Kier molecular flexibility index (Phi) is 4.53. The van der Waals surface area contributed by atoms with Gasteiger partial charge in [-0.2, -0.15) is 0 Å². The van der Waals surface area contributed by atoms with Gasteiger partial charge >= 0.3 is 0 Å². The molecule has 0 bridgehead atoms. The summed E-state index contributed by atoms with van der Waals surface area (Å²) in [5, 5.41) is 3.14. The van der Waals surface area contributed by atoms with Crippen LogP contribution < -0.4 is 10.2 Å². The first-order chi connectivity index (χ1) is 8.72. The molecule has 0 saturated heterocycles. The molecule has 0 unspecified atom stereocenters. The van der Waals surface area contributed by atoms with Crippen LogP contribution in [0.15, 0.2) is 6.20 Å². The molecular formula is C14H24N4. The highest BCUT2D eigenvalue weighted by Crippen LogP contribution is 2.24. The lowest BCUT2D eigenvalue weighted by atomic mass is 9.95. The average molecular weight is 248 g/mol. The number of hydrogen-bond acceptors (Lipinski definition) is 4. The Balaban J connectivity index is 2.10. The lowest BCUT2D eigenvalue weighted by molar-refractivity contribution is 0.424. The number of rotatable bonds is 4. The van der Waals surface area contributed by atoms with Gasteiger partial charge < -0.3 is 10.2 Å². The highest BCUT2D eigenvalue weighted by molar-refractivity contribution is 5.33. The van der Waals surface area contributed by atoms with Crippen LogP contribution in [0.5, 0.6) is 0 Å². The topological polar surface area (TPSA) is 41.1 Å². The van der Waals surface area contributed by atoms with Crippen LogP contribution in [0.3, 0.4) is 0 Å². The smallest absolute Gasteiger partial charge is 0.225 e. The van der Waals surface area contributed by atoms with E-state index in [0.29, 0.717) is 6.04 Å². The Labute approximate surface area is 110 Å². The van der Waals surface area contributed by atoms with Gasteiger partial charge in [0.2, 0.25) is 5.95 Å². The van der Waals surface area contributed by atoms with Crippen molar-refractivity contribution >= 4 is 5.95 Å². The number of aromatic nitrogens is 2. The molecule has 18 heavy (non-hydrogen) atoms. The third-order valence-electron chi connectivity index (χ3n) is 3.87. The van der Waals surface area contributed by atoms with Crippen LogP contribution >= 0.6 is 0 Å². The summed E-state index contributed by atoms with van der Waals surface area (Å²) < 4.78 is 0. The highest BCUT2D eigenvalue weighted by Gasteiger charge is 2.20. The summed E-state index contributed by atoms with van der Waals surface area (Å²) in [5.41, 5.74) is 2.26. The summed E-state index contributed by atoms with van der Waals surface area (Å²) in [6, 6.07) is 0.619. The SMILES string of the molecule is CNCc1cnc(N(C)C2CCCCC2)nc1C. The number of nitrogens with zero attached hydrogens (tertiary/aromatic N) is 3. The Morgan fingerprint density at radius 3 is 2.67 bits per heavy atom. The number of nitrogens with one attached hydrogen (secondary N) is 1. The van der Waals surface area contributed by atoms with Gasteiger partial charge in [0.05, 0.1) is 0 Å². The summed E-state index contributed by atoms with van der Waals surface area (Å²) in [6.07, 6.45) is 8.56. The van der Waals surface area contributed by atoms with Crippen LogP contribution in [0.2, 0.25) is 0 Å². The van der Waals surface area contributed by atoms with Crippen molar-refractivity contribution in [3.8, 4) is 0 Å². The Hall–Kier alpha value is -1.16. The van der Waals surface area contributed by atoms with Gasteiger partial charge in [0.1, 0.15) is 0 Å². The highest BCUT2D eigenvalue weighted by atomic mass is 15.2. The molecule has 1 saturated carbocycles. The predicted octanol–water partition coefficient (Wildman–Crippen LogP) is 2.27. The van der Waals surface area contributed by atoms with Gasteiger partial charge in [0, 0.05) is 37.1 Å². The van der Waals surface area contributed by atoms with Crippen LogP contribution in [0, 0.1) is 6.92 Å². The molecular weight excluding hydrogens is 224 g/mol. The molecule has 1 aromatic rings. The summed E-state index contributed by atoms with van der Waals surface area (Å²) >= 11 is 0. The second-order valence-corrected chi connectivity index (χ2v) is 5.21. The van der Waals surface area contributed by atoms with Crippen molar-refractivity contribution in [1.29, 1.82) is 0 Å². The summed E-state index contributed by atoms with van der Waals surface area (Å²) in [7, 11) is 4.07. The first-order valence-corrected chi connectivity index (χ1v) is 6.92. The lowest BCUT2D eigenvalue weighted by Gasteiger charge is -2.31. The van der Waals surface area contributed by atoms with E-state index in [1.807, 2.05) is 13.2 Å². The second kappa shape index (κ2) is 6.14. The third-order valence-corrected chi connectivity index (χ3v) is 3.87. The molecule has 2 rings (SSSR count). The molecule has 0 atom stereocenters. The molecule has 1 N–H and O–H groups in total. The van der Waals surface area contributed by atoms with Crippen LogP contribution in [0.4, 0.5) is 5.95 Å². The van der Waals surface area contributed by atoms with Gasteiger partial charge in [-0.05, 0) is 26.8 Å². The minimum Gasteiger partial charge on any atom is -0.341 e. The molecule has 1 aliphatic rings. The van der Waals surface area contributed by atoms with Gasteiger partial charge in [-0.3, -0.25) is 0 Å². The first kappa shape index (κ1) is 13.3. The van der Waals surface area contributed by atoms with E-state index in [9.17, 15) is 0 Å². The summed E-state index contributed by atoms with van der Waals surface area (Å²) in [6.45, 7) is 2.89. The maximum atomic E-state index is 4.64. The van der Waals surface area contributed by atoms with Crippen LogP contribution in [-0.4, -0.2) is 30.1 Å². The molecule has 4 heteroatoms. The van der Waals surface area contributed by atoms with Crippen molar-refractivity contribution in [2.24, 2.45) is 0 Å². The fourth-order valence-corrected chi connectivity index (χ4v) is 2.65. The molecule has 0 amide bonds. The van der Waals surface area contributed by atoms with Crippen molar-refractivity contribution in [3.05, 3.63) is 17.5 Å². The molecule has 0 radical (unpaired) electrons. The van der Waals surface area contributed by atoms with Gasteiger partial charge in [0.15, 0.2) is 0 Å². The van der Waals surface area contributed by atoms with E-state index in [1.54, 1.807) is 0 Å². The van der Waals surface area contributed by atoms with Crippen molar-refractivity contribution in [2.45, 2.75) is 51.6 Å².